The van der Waals surface area contributed by atoms with Gasteiger partial charge in [0, 0.05) is 36.6 Å². The highest BCUT2D eigenvalue weighted by atomic mass is 32.2. The first kappa shape index (κ1) is 22.3. The lowest BCUT2D eigenvalue weighted by Crippen LogP contribution is -2.31. The van der Waals surface area contributed by atoms with E-state index in [4.69, 9.17) is 9.47 Å². The number of carbonyl (C=O) groups is 1. The van der Waals surface area contributed by atoms with E-state index in [9.17, 15) is 13.2 Å². The molecule has 2 unspecified atom stereocenters. The molecule has 1 aliphatic rings. The summed E-state index contributed by atoms with van der Waals surface area (Å²) in [6.45, 7) is 1.85. The van der Waals surface area contributed by atoms with Gasteiger partial charge in [-0.1, -0.05) is 12.1 Å². The van der Waals surface area contributed by atoms with Crippen LogP contribution in [0.5, 0.6) is 17.4 Å². The number of likely N-dealkylation sites (N-methyl/N-ethyl adjacent to an activating group) is 1. The van der Waals surface area contributed by atoms with Gasteiger partial charge in [-0.15, -0.1) is 0 Å². The van der Waals surface area contributed by atoms with Crippen LogP contribution in [-0.2, 0) is 14.8 Å². The van der Waals surface area contributed by atoms with Crippen LogP contribution in [0, 0.1) is 0 Å². The summed E-state index contributed by atoms with van der Waals surface area (Å²) in [4.78, 5) is 20.7. The summed E-state index contributed by atoms with van der Waals surface area (Å²) in [5.41, 5.74) is 1.82. The lowest BCUT2D eigenvalue weighted by molar-refractivity contribution is -0.123. The lowest BCUT2D eigenvalue weighted by atomic mass is 9.95. The maximum atomic E-state index is 12.2. The van der Waals surface area contributed by atoms with Crippen molar-refractivity contribution < 1.29 is 22.7 Å². The Bertz CT molecular complexity index is 1300. The number of ether oxygens (including phenoxy) is 2. The Morgan fingerprint density at radius 1 is 1.12 bits per heavy atom. The average Bonchev–Trinajstić information content (AvgIpc) is 3.07. The Kier molecular flexibility index (Phi) is 6.05. The van der Waals surface area contributed by atoms with Crippen molar-refractivity contribution in [2.24, 2.45) is 0 Å². The molecule has 11 heteroatoms. The molecule has 2 aromatic carbocycles. The zero-order valence-electron chi connectivity index (χ0n) is 18.2. The number of amides is 1. The highest BCUT2D eigenvalue weighted by molar-refractivity contribution is 7.92. The summed E-state index contributed by atoms with van der Waals surface area (Å²) in [6, 6.07) is 13.6. The quantitative estimate of drug-likeness (QED) is 0.481. The van der Waals surface area contributed by atoms with Crippen LogP contribution in [0.3, 0.4) is 0 Å². The third kappa shape index (κ3) is 5.32. The van der Waals surface area contributed by atoms with Gasteiger partial charge in [0.1, 0.15) is 23.5 Å². The lowest BCUT2D eigenvalue weighted by Gasteiger charge is -2.12. The van der Waals surface area contributed by atoms with E-state index in [0.29, 0.717) is 28.8 Å². The SMILES string of the molecule is CNC(=O)C1c2ccc(Oc3ccnc(Nc4cccc(NS(C)(=O)=O)c4)n3)cc2OC1C. The summed E-state index contributed by atoms with van der Waals surface area (Å²) in [5, 5.41) is 5.69. The zero-order valence-corrected chi connectivity index (χ0v) is 19.0. The number of nitrogens with zero attached hydrogens (tertiary/aromatic N) is 2. The van der Waals surface area contributed by atoms with Gasteiger partial charge in [0.15, 0.2) is 0 Å². The van der Waals surface area contributed by atoms with Crippen molar-refractivity contribution in [3.8, 4) is 17.4 Å². The van der Waals surface area contributed by atoms with E-state index in [-0.39, 0.29) is 23.9 Å². The largest absolute Gasteiger partial charge is 0.489 e. The summed E-state index contributed by atoms with van der Waals surface area (Å²) >= 11 is 0. The van der Waals surface area contributed by atoms with Gasteiger partial charge in [-0.3, -0.25) is 9.52 Å². The van der Waals surface area contributed by atoms with E-state index >= 15 is 0 Å². The van der Waals surface area contributed by atoms with Crippen molar-refractivity contribution in [2.75, 3.05) is 23.3 Å². The first-order chi connectivity index (χ1) is 15.7. The number of hydrogen-bond acceptors (Lipinski definition) is 8. The van der Waals surface area contributed by atoms with Crippen LogP contribution in [0.2, 0.25) is 0 Å². The van der Waals surface area contributed by atoms with Gasteiger partial charge in [-0.05, 0) is 31.2 Å². The minimum Gasteiger partial charge on any atom is -0.489 e. The van der Waals surface area contributed by atoms with E-state index < -0.39 is 10.0 Å². The van der Waals surface area contributed by atoms with Crippen molar-refractivity contribution in [1.29, 1.82) is 0 Å². The third-order valence-electron chi connectivity index (χ3n) is 4.91. The topological polar surface area (TPSA) is 132 Å². The number of anilines is 3. The van der Waals surface area contributed by atoms with Crippen LogP contribution >= 0.6 is 0 Å². The van der Waals surface area contributed by atoms with E-state index in [2.05, 4.69) is 25.3 Å². The molecule has 1 aliphatic heterocycles. The van der Waals surface area contributed by atoms with E-state index in [1.54, 1.807) is 49.5 Å². The minimum absolute atomic E-state index is 0.0998. The molecule has 3 N–H and O–H groups in total. The van der Waals surface area contributed by atoms with Gasteiger partial charge in [0.2, 0.25) is 27.8 Å². The second-order valence-electron chi connectivity index (χ2n) is 7.52. The van der Waals surface area contributed by atoms with Crippen molar-refractivity contribution >= 4 is 33.3 Å². The number of rotatable bonds is 7. The number of hydrogen-bond donors (Lipinski definition) is 3. The molecule has 1 amide bonds. The average molecular weight is 470 g/mol. The molecule has 0 aliphatic carbocycles. The smallest absolute Gasteiger partial charge is 0.231 e. The van der Waals surface area contributed by atoms with Gasteiger partial charge in [-0.25, -0.2) is 13.4 Å². The Hall–Kier alpha value is -3.86. The maximum absolute atomic E-state index is 12.2. The first-order valence-corrected chi connectivity index (χ1v) is 12.0. The van der Waals surface area contributed by atoms with E-state index in [0.717, 1.165) is 11.8 Å². The Morgan fingerprint density at radius 2 is 1.91 bits per heavy atom. The molecule has 0 bridgehead atoms. The van der Waals surface area contributed by atoms with Crippen LogP contribution in [-0.4, -0.2) is 43.7 Å². The van der Waals surface area contributed by atoms with Gasteiger partial charge in [0.25, 0.3) is 0 Å². The zero-order chi connectivity index (χ0) is 23.6. The molecule has 1 aromatic heterocycles. The van der Waals surface area contributed by atoms with Crippen molar-refractivity contribution in [2.45, 2.75) is 18.9 Å². The summed E-state index contributed by atoms with van der Waals surface area (Å²) in [7, 11) is -1.79. The fourth-order valence-electron chi connectivity index (χ4n) is 3.55. The maximum Gasteiger partial charge on any atom is 0.231 e. The Balaban J connectivity index is 1.49. The molecule has 33 heavy (non-hydrogen) atoms. The number of carbonyl (C=O) groups excluding carboxylic acids is 1. The number of aromatic nitrogens is 2. The predicted octanol–water partition coefficient (Wildman–Crippen LogP) is 2.99. The second kappa shape index (κ2) is 8.94. The van der Waals surface area contributed by atoms with Crippen molar-refractivity contribution in [1.82, 2.24) is 15.3 Å². The van der Waals surface area contributed by atoms with Crippen LogP contribution in [0.4, 0.5) is 17.3 Å². The highest BCUT2D eigenvalue weighted by Gasteiger charge is 2.36. The van der Waals surface area contributed by atoms with Gasteiger partial charge in [0.05, 0.1) is 11.9 Å². The summed E-state index contributed by atoms with van der Waals surface area (Å²) < 4.78 is 37.0. The molecule has 3 aromatic rings. The minimum atomic E-state index is -3.39. The molecule has 10 nitrogen and oxygen atoms in total. The molecule has 0 saturated heterocycles. The molecule has 0 saturated carbocycles. The molecule has 0 spiro atoms. The fraction of sp³-hybridized carbons (Fsp3) is 0.227. The van der Waals surface area contributed by atoms with Crippen LogP contribution in [0.15, 0.2) is 54.7 Å². The first-order valence-electron chi connectivity index (χ1n) is 10.1. The van der Waals surface area contributed by atoms with Crippen molar-refractivity contribution in [3.05, 3.63) is 60.3 Å². The molecule has 0 radical (unpaired) electrons. The van der Waals surface area contributed by atoms with E-state index in [1.807, 2.05) is 13.0 Å². The standard InChI is InChI=1S/C22H23N5O5S/c1-13-20(21(28)23-2)17-8-7-16(12-18(17)31-13)32-19-9-10-24-22(26-19)25-14-5-4-6-15(11-14)27-33(3,29)30/h4-13,20,27H,1-3H3,(H,23,28)(H,24,25,26). The molecule has 4 rings (SSSR count). The van der Waals surface area contributed by atoms with Crippen LogP contribution < -0.4 is 24.8 Å². The third-order valence-corrected chi connectivity index (χ3v) is 5.51. The second-order valence-corrected chi connectivity index (χ2v) is 9.26. The fourth-order valence-corrected chi connectivity index (χ4v) is 4.11. The number of sulfonamides is 1. The van der Waals surface area contributed by atoms with Gasteiger partial charge in [-0.2, -0.15) is 4.98 Å². The molecule has 2 heterocycles. The van der Waals surface area contributed by atoms with E-state index in [1.165, 1.54) is 6.20 Å². The number of nitrogens with one attached hydrogen (secondary N) is 3. The number of fused-ring (bicyclic) bond motifs is 1. The Labute approximate surface area is 191 Å². The van der Waals surface area contributed by atoms with Gasteiger partial charge < -0.3 is 20.1 Å². The molecular weight excluding hydrogens is 446 g/mol. The molecule has 172 valence electrons. The summed E-state index contributed by atoms with van der Waals surface area (Å²) in [5.74, 6) is 1.19. The number of benzene rings is 2. The molecular formula is C22H23N5O5S. The normalized spacial score (nSPS) is 16.9. The molecule has 0 fully saturated rings. The van der Waals surface area contributed by atoms with Crippen molar-refractivity contribution in [3.63, 3.8) is 0 Å². The highest BCUT2D eigenvalue weighted by Crippen LogP contribution is 2.41. The van der Waals surface area contributed by atoms with Gasteiger partial charge >= 0.3 is 0 Å². The predicted molar refractivity (Wildman–Crippen MR) is 124 cm³/mol. The summed E-state index contributed by atoms with van der Waals surface area (Å²) in [6.07, 6.45) is 2.34. The van der Waals surface area contributed by atoms with Crippen LogP contribution in [0.1, 0.15) is 18.4 Å². The Morgan fingerprint density at radius 3 is 2.67 bits per heavy atom. The van der Waals surface area contributed by atoms with Crippen LogP contribution in [0.25, 0.3) is 0 Å². The molecule has 2 atom stereocenters. The monoisotopic (exact) mass is 469 g/mol.